The average Bonchev–Trinajstić information content (AvgIpc) is 3.23. The second-order valence-electron chi connectivity index (χ2n) is 7.37. The fourth-order valence-electron chi connectivity index (χ4n) is 3.95. The van der Waals surface area contributed by atoms with Crippen LogP contribution in [0, 0.1) is 17.6 Å². The number of rotatable bonds is 3. The maximum absolute atomic E-state index is 13.4. The highest BCUT2D eigenvalue weighted by Crippen LogP contribution is 2.31. The minimum Gasteiger partial charge on any atom is -0.339 e. The predicted molar refractivity (Wildman–Crippen MR) is 104 cm³/mol. The zero-order valence-corrected chi connectivity index (χ0v) is 15.8. The standard InChI is InChI=1S/C22H21F2N3O2/c23-18-12-17(13-19(24)14-18)21(28)26-10-7-16(8-11-26)22(29)27-20(6-9-25-27)15-4-2-1-3-5-15/h1-5,9,12-14,16,20H,6-8,10-11H2. The molecule has 2 aliphatic rings. The van der Waals surface area contributed by atoms with Crippen molar-refractivity contribution in [3.8, 4) is 0 Å². The number of hydrazone groups is 1. The Kier molecular flexibility index (Phi) is 5.38. The van der Waals surface area contributed by atoms with E-state index >= 15 is 0 Å². The Hall–Kier alpha value is -3.09. The highest BCUT2D eigenvalue weighted by molar-refractivity contribution is 5.94. The van der Waals surface area contributed by atoms with Crippen molar-refractivity contribution in [1.82, 2.24) is 9.91 Å². The number of carbonyl (C=O) groups excluding carboxylic acids is 2. The summed E-state index contributed by atoms with van der Waals surface area (Å²) in [5.41, 5.74) is 1.03. The minimum absolute atomic E-state index is 0.0134. The smallest absolute Gasteiger partial charge is 0.254 e. The van der Waals surface area contributed by atoms with Gasteiger partial charge in [-0.15, -0.1) is 0 Å². The molecule has 0 saturated carbocycles. The Labute approximate surface area is 167 Å². The molecule has 2 amide bonds. The van der Waals surface area contributed by atoms with Crippen LogP contribution in [0.15, 0.2) is 53.6 Å². The van der Waals surface area contributed by atoms with Crippen LogP contribution >= 0.6 is 0 Å². The van der Waals surface area contributed by atoms with Crippen LogP contribution in [0.2, 0.25) is 0 Å². The summed E-state index contributed by atoms with van der Waals surface area (Å²) in [5, 5.41) is 5.84. The Morgan fingerprint density at radius 2 is 1.62 bits per heavy atom. The summed E-state index contributed by atoms with van der Waals surface area (Å²) < 4.78 is 26.8. The molecule has 0 aliphatic carbocycles. The van der Waals surface area contributed by atoms with Gasteiger partial charge in [0.25, 0.3) is 5.91 Å². The van der Waals surface area contributed by atoms with E-state index in [1.165, 1.54) is 0 Å². The van der Waals surface area contributed by atoms with E-state index in [9.17, 15) is 18.4 Å². The molecule has 5 nitrogen and oxygen atoms in total. The van der Waals surface area contributed by atoms with Gasteiger partial charge >= 0.3 is 0 Å². The van der Waals surface area contributed by atoms with Crippen molar-refractivity contribution in [2.45, 2.75) is 25.3 Å². The van der Waals surface area contributed by atoms with E-state index in [4.69, 9.17) is 0 Å². The summed E-state index contributed by atoms with van der Waals surface area (Å²) in [4.78, 5) is 27.1. The molecule has 29 heavy (non-hydrogen) atoms. The fourth-order valence-corrected chi connectivity index (χ4v) is 3.95. The molecule has 0 bridgehead atoms. The summed E-state index contributed by atoms with van der Waals surface area (Å²) in [6, 6.07) is 12.5. The van der Waals surface area contributed by atoms with E-state index in [-0.39, 0.29) is 23.4 Å². The summed E-state index contributed by atoms with van der Waals surface area (Å²) in [5.74, 6) is -2.26. The van der Waals surface area contributed by atoms with Crippen LogP contribution in [0.25, 0.3) is 0 Å². The number of halogens is 2. The molecule has 0 N–H and O–H groups in total. The molecule has 4 rings (SSSR count). The van der Waals surface area contributed by atoms with E-state index in [1.807, 2.05) is 30.3 Å². The van der Waals surface area contributed by atoms with E-state index in [1.54, 1.807) is 16.1 Å². The number of hydrogen-bond acceptors (Lipinski definition) is 3. The first-order valence-electron chi connectivity index (χ1n) is 9.69. The lowest BCUT2D eigenvalue weighted by molar-refractivity contribution is -0.138. The Bertz CT molecular complexity index is 920. The number of carbonyl (C=O) groups is 2. The molecule has 0 spiro atoms. The quantitative estimate of drug-likeness (QED) is 0.792. The second kappa shape index (κ2) is 8.11. The third kappa shape index (κ3) is 4.04. The van der Waals surface area contributed by atoms with Crippen molar-refractivity contribution in [3.05, 3.63) is 71.3 Å². The lowest BCUT2D eigenvalue weighted by atomic mass is 9.94. The van der Waals surface area contributed by atoms with Crippen LogP contribution in [-0.4, -0.2) is 41.0 Å². The van der Waals surface area contributed by atoms with Crippen molar-refractivity contribution in [1.29, 1.82) is 0 Å². The minimum atomic E-state index is -0.780. The molecule has 1 unspecified atom stereocenters. The van der Waals surface area contributed by atoms with E-state index in [0.29, 0.717) is 32.4 Å². The number of benzene rings is 2. The van der Waals surface area contributed by atoms with Gasteiger partial charge < -0.3 is 4.90 Å². The normalized spacial score (nSPS) is 19.6. The average molecular weight is 397 g/mol. The molecular formula is C22H21F2N3O2. The van der Waals surface area contributed by atoms with Gasteiger partial charge in [0.05, 0.1) is 6.04 Å². The van der Waals surface area contributed by atoms with Crippen LogP contribution in [0.5, 0.6) is 0 Å². The van der Waals surface area contributed by atoms with E-state index in [0.717, 1.165) is 23.8 Å². The number of piperidine rings is 1. The van der Waals surface area contributed by atoms with Gasteiger partial charge in [0, 0.05) is 43.3 Å². The third-order valence-corrected chi connectivity index (χ3v) is 5.48. The molecule has 2 heterocycles. The molecule has 1 fully saturated rings. The molecule has 2 aromatic carbocycles. The first-order chi connectivity index (χ1) is 14.0. The largest absolute Gasteiger partial charge is 0.339 e. The van der Waals surface area contributed by atoms with Gasteiger partial charge in [0.15, 0.2) is 0 Å². The molecule has 2 aromatic rings. The Morgan fingerprint density at radius 3 is 2.28 bits per heavy atom. The van der Waals surface area contributed by atoms with Crippen molar-refractivity contribution < 1.29 is 18.4 Å². The van der Waals surface area contributed by atoms with Crippen molar-refractivity contribution in [2.24, 2.45) is 11.0 Å². The van der Waals surface area contributed by atoms with E-state index in [2.05, 4.69) is 5.10 Å². The van der Waals surface area contributed by atoms with Gasteiger partial charge in [0.1, 0.15) is 11.6 Å². The summed E-state index contributed by atoms with van der Waals surface area (Å²) in [7, 11) is 0. The van der Waals surface area contributed by atoms with Crippen molar-refractivity contribution in [3.63, 3.8) is 0 Å². The highest BCUT2D eigenvalue weighted by Gasteiger charge is 2.35. The van der Waals surface area contributed by atoms with E-state index < -0.39 is 17.5 Å². The zero-order valence-electron chi connectivity index (χ0n) is 15.8. The van der Waals surface area contributed by atoms with Crippen LogP contribution in [-0.2, 0) is 4.79 Å². The van der Waals surface area contributed by atoms with Crippen LogP contribution < -0.4 is 0 Å². The lowest BCUT2D eigenvalue weighted by Crippen LogP contribution is -2.43. The first-order valence-corrected chi connectivity index (χ1v) is 9.69. The maximum atomic E-state index is 13.4. The Morgan fingerprint density at radius 1 is 0.966 bits per heavy atom. The van der Waals surface area contributed by atoms with Gasteiger partial charge in [-0.2, -0.15) is 5.10 Å². The molecule has 7 heteroatoms. The summed E-state index contributed by atoms with van der Waals surface area (Å²) in [6.07, 6.45) is 3.43. The molecule has 150 valence electrons. The van der Waals surface area contributed by atoms with Gasteiger partial charge in [-0.3, -0.25) is 9.59 Å². The third-order valence-electron chi connectivity index (χ3n) is 5.48. The summed E-state index contributed by atoms with van der Waals surface area (Å²) in [6.45, 7) is 0.724. The SMILES string of the molecule is O=C(c1cc(F)cc(F)c1)N1CCC(C(=O)N2N=CCC2c2ccccc2)CC1. The predicted octanol–water partition coefficient (Wildman–Crippen LogP) is 3.78. The van der Waals surface area contributed by atoms with Crippen LogP contribution in [0.4, 0.5) is 8.78 Å². The van der Waals surface area contributed by atoms with Crippen molar-refractivity contribution >= 4 is 18.0 Å². The molecule has 1 saturated heterocycles. The van der Waals surface area contributed by atoms with Crippen molar-refractivity contribution in [2.75, 3.05) is 13.1 Å². The van der Waals surface area contributed by atoms with Crippen LogP contribution in [0.1, 0.15) is 41.2 Å². The topological polar surface area (TPSA) is 53.0 Å². The number of nitrogens with zero attached hydrogens (tertiary/aromatic N) is 3. The lowest BCUT2D eigenvalue weighted by Gasteiger charge is -2.34. The van der Waals surface area contributed by atoms with Gasteiger partial charge in [-0.1, -0.05) is 30.3 Å². The molecule has 1 atom stereocenters. The van der Waals surface area contributed by atoms with Gasteiger partial charge in [-0.25, -0.2) is 13.8 Å². The van der Waals surface area contributed by atoms with Gasteiger partial charge in [-0.05, 0) is 30.5 Å². The molecular weight excluding hydrogens is 376 g/mol. The number of amides is 2. The molecule has 2 aliphatic heterocycles. The van der Waals surface area contributed by atoms with Gasteiger partial charge in [0.2, 0.25) is 5.91 Å². The monoisotopic (exact) mass is 397 g/mol. The highest BCUT2D eigenvalue weighted by atomic mass is 19.1. The maximum Gasteiger partial charge on any atom is 0.254 e. The molecule has 0 radical (unpaired) electrons. The fraction of sp³-hybridized carbons (Fsp3) is 0.318. The Balaban J connectivity index is 1.39. The van der Waals surface area contributed by atoms with Crippen LogP contribution in [0.3, 0.4) is 0 Å². The zero-order chi connectivity index (χ0) is 20.4. The first kappa shape index (κ1) is 19.2. The number of hydrogen-bond donors (Lipinski definition) is 0. The second-order valence-corrected chi connectivity index (χ2v) is 7.37. The number of likely N-dealkylation sites (tertiary alicyclic amines) is 1. The molecule has 0 aromatic heterocycles. The summed E-state index contributed by atoms with van der Waals surface area (Å²) >= 11 is 0.